The molecule has 0 aliphatic rings. The summed E-state index contributed by atoms with van der Waals surface area (Å²) in [6.45, 7) is 0.419. The van der Waals surface area contributed by atoms with E-state index in [0.29, 0.717) is 22.5 Å². The maximum absolute atomic E-state index is 12.8. The second kappa shape index (κ2) is 9.40. The van der Waals surface area contributed by atoms with Gasteiger partial charge in [0.15, 0.2) is 11.0 Å². The molecule has 0 aliphatic carbocycles. The highest BCUT2D eigenvalue weighted by Gasteiger charge is 2.30. The SMILES string of the molecule is Cn1c(CNc2ccc(Cl)cc2)nnc1SCC(=O)Nc1cccc(C(F)(F)F)c1. The number of alkyl halides is 3. The van der Waals surface area contributed by atoms with E-state index in [1.165, 1.54) is 12.1 Å². The average Bonchev–Trinajstić information content (AvgIpc) is 3.05. The molecule has 2 N–H and O–H groups in total. The minimum absolute atomic E-state index is 0.0210. The number of halogens is 4. The summed E-state index contributed by atoms with van der Waals surface area (Å²) in [4.78, 5) is 12.1. The molecule has 1 aromatic heterocycles. The lowest BCUT2D eigenvalue weighted by Crippen LogP contribution is -2.15. The van der Waals surface area contributed by atoms with Crippen molar-refractivity contribution in [3.63, 3.8) is 0 Å². The van der Waals surface area contributed by atoms with Gasteiger partial charge in [0.2, 0.25) is 5.91 Å². The van der Waals surface area contributed by atoms with Gasteiger partial charge in [-0.15, -0.1) is 10.2 Å². The van der Waals surface area contributed by atoms with Gasteiger partial charge in [-0.25, -0.2) is 0 Å². The molecule has 1 amide bonds. The molecule has 0 saturated heterocycles. The molecule has 0 unspecified atom stereocenters. The zero-order valence-corrected chi connectivity index (χ0v) is 17.3. The first-order chi connectivity index (χ1) is 14.2. The van der Waals surface area contributed by atoms with Crippen molar-refractivity contribution in [3.8, 4) is 0 Å². The summed E-state index contributed by atoms with van der Waals surface area (Å²) >= 11 is 7.00. The van der Waals surface area contributed by atoms with E-state index in [9.17, 15) is 18.0 Å². The molecule has 0 aliphatic heterocycles. The number of aromatic nitrogens is 3. The fourth-order valence-corrected chi connectivity index (χ4v) is 3.33. The molecule has 3 rings (SSSR count). The molecule has 6 nitrogen and oxygen atoms in total. The third kappa shape index (κ3) is 5.90. The maximum Gasteiger partial charge on any atom is 0.416 e. The van der Waals surface area contributed by atoms with Gasteiger partial charge in [-0.1, -0.05) is 29.4 Å². The van der Waals surface area contributed by atoms with E-state index < -0.39 is 17.6 Å². The van der Waals surface area contributed by atoms with Gasteiger partial charge in [-0.05, 0) is 42.5 Å². The summed E-state index contributed by atoms with van der Waals surface area (Å²) in [5.74, 6) is 0.196. The first kappa shape index (κ1) is 22.0. The summed E-state index contributed by atoms with van der Waals surface area (Å²) in [5, 5.41) is 15.0. The van der Waals surface area contributed by atoms with Crippen LogP contribution in [0.15, 0.2) is 53.7 Å². The molecule has 3 aromatic rings. The van der Waals surface area contributed by atoms with Gasteiger partial charge in [-0.3, -0.25) is 4.79 Å². The zero-order chi connectivity index (χ0) is 21.7. The standard InChI is InChI=1S/C19H17ClF3N5OS/c1-28-16(10-24-14-7-5-13(20)6-8-14)26-27-18(28)30-11-17(29)25-15-4-2-3-12(9-15)19(21,22)23/h2-9,24H,10-11H2,1H3,(H,25,29). The van der Waals surface area contributed by atoms with Gasteiger partial charge < -0.3 is 15.2 Å². The number of amides is 1. The second-order valence-corrected chi connectivity index (χ2v) is 7.61. The van der Waals surface area contributed by atoms with E-state index in [1.54, 1.807) is 23.7 Å². The molecule has 2 aromatic carbocycles. The summed E-state index contributed by atoms with van der Waals surface area (Å²) < 4.78 is 40.0. The number of nitrogens with zero attached hydrogens (tertiary/aromatic N) is 3. The lowest BCUT2D eigenvalue weighted by molar-refractivity contribution is -0.137. The zero-order valence-electron chi connectivity index (χ0n) is 15.7. The molecule has 1 heterocycles. The number of carbonyl (C=O) groups is 1. The van der Waals surface area contributed by atoms with Crippen molar-refractivity contribution < 1.29 is 18.0 Å². The molecule has 0 fully saturated rings. The van der Waals surface area contributed by atoms with Crippen LogP contribution in [0.2, 0.25) is 5.02 Å². The minimum Gasteiger partial charge on any atom is -0.378 e. The van der Waals surface area contributed by atoms with Crippen molar-refractivity contribution in [2.75, 3.05) is 16.4 Å². The molecular weight excluding hydrogens is 439 g/mol. The third-order valence-electron chi connectivity index (χ3n) is 4.03. The number of carbonyl (C=O) groups excluding carboxylic acids is 1. The number of anilines is 2. The molecule has 0 radical (unpaired) electrons. The van der Waals surface area contributed by atoms with Crippen molar-refractivity contribution >= 4 is 40.6 Å². The topological polar surface area (TPSA) is 71.8 Å². The highest BCUT2D eigenvalue weighted by Crippen LogP contribution is 2.30. The Bertz CT molecular complexity index is 1020. The highest BCUT2D eigenvalue weighted by atomic mass is 35.5. The van der Waals surface area contributed by atoms with Crippen LogP contribution in [0.25, 0.3) is 0 Å². The molecule has 30 heavy (non-hydrogen) atoms. The summed E-state index contributed by atoms with van der Waals surface area (Å²) in [5.41, 5.74) is 0.136. The van der Waals surface area contributed by atoms with Crippen LogP contribution < -0.4 is 10.6 Å². The van der Waals surface area contributed by atoms with Crippen LogP contribution >= 0.6 is 23.4 Å². The van der Waals surface area contributed by atoms with E-state index in [-0.39, 0.29) is 11.4 Å². The van der Waals surface area contributed by atoms with Gasteiger partial charge in [0.05, 0.1) is 17.9 Å². The molecular formula is C19H17ClF3N5OS. The predicted octanol–water partition coefficient (Wildman–Crippen LogP) is 4.83. The van der Waals surface area contributed by atoms with Crippen molar-refractivity contribution in [2.45, 2.75) is 17.9 Å². The normalized spacial score (nSPS) is 11.4. The van der Waals surface area contributed by atoms with Crippen LogP contribution in [-0.2, 0) is 24.6 Å². The Kier molecular flexibility index (Phi) is 6.88. The second-order valence-electron chi connectivity index (χ2n) is 6.23. The van der Waals surface area contributed by atoms with E-state index in [0.717, 1.165) is 29.6 Å². The molecule has 0 atom stereocenters. The number of hydrogen-bond acceptors (Lipinski definition) is 5. The molecule has 11 heteroatoms. The van der Waals surface area contributed by atoms with Gasteiger partial charge in [-0.2, -0.15) is 13.2 Å². The Morgan fingerprint density at radius 2 is 1.87 bits per heavy atom. The lowest BCUT2D eigenvalue weighted by atomic mass is 10.2. The van der Waals surface area contributed by atoms with Crippen LogP contribution in [0.4, 0.5) is 24.5 Å². The van der Waals surface area contributed by atoms with Crippen molar-refractivity contribution in [1.29, 1.82) is 0 Å². The summed E-state index contributed by atoms with van der Waals surface area (Å²) in [6, 6.07) is 11.7. The minimum atomic E-state index is -4.47. The van der Waals surface area contributed by atoms with E-state index >= 15 is 0 Å². The van der Waals surface area contributed by atoms with Crippen LogP contribution in [-0.4, -0.2) is 26.4 Å². The van der Waals surface area contributed by atoms with Crippen molar-refractivity contribution in [2.24, 2.45) is 7.05 Å². The quantitative estimate of drug-likeness (QED) is 0.499. The monoisotopic (exact) mass is 455 g/mol. The Morgan fingerprint density at radius 3 is 2.57 bits per heavy atom. The van der Waals surface area contributed by atoms with Gasteiger partial charge in [0.1, 0.15) is 0 Å². The highest BCUT2D eigenvalue weighted by molar-refractivity contribution is 7.99. The number of hydrogen-bond donors (Lipinski definition) is 2. The van der Waals surface area contributed by atoms with Gasteiger partial charge in [0, 0.05) is 23.4 Å². The number of nitrogens with one attached hydrogen (secondary N) is 2. The van der Waals surface area contributed by atoms with Crippen LogP contribution in [0.3, 0.4) is 0 Å². The molecule has 0 bridgehead atoms. The fourth-order valence-electron chi connectivity index (χ4n) is 2.47. The predicted molar refractivity (Wildman–Crippen MR) is 111 cm³/mol. The van der Waals surface area contributed by atoms with Crippen LogP contribution in [0.5, 0.6) is 0 Å². The van der Waals surface area contributed by atoms with Crippen molar-refractivity contribution in [3.05, 3.63) is 64.9 Å². The van der Waals surface area contributed by atoms with Crippen LogP contribution in [0, 0.1) is 0 Å². The maximum atomic E-state index is 12.8. The Balaban J connectivity index is 1.53. The number of benzene rings is 2. The van der Waals surface area contributed by atoms with E-state index in [2.05, 4.69) is 20.8 Å². The summed E-state index contributed by atoms with van der Waals surface area (Å²) in [7, 11) is 1.77. The summed E-state index contributed by atoms with van der Waals surface area (Å²) in [6.07, 6.45) is -4.47. The molecule has 0 spiro atoms. The van der Waals surface area contributed by atoms with Gasteiger partial charge in [0.25, 0.3) is 0 Å². The van der Waals surface area contributed by atoms with Gasteiger partial charge >= 0.3 is 6.18 Å². The Hall–Kier alpha value is -2.72. The largest absolute Gasteiger partial charge is 0.416 e. The smallest absolute Gasteiger partial charge is 0.378 e. The number of thioether (sulfide) groups is 1. The Labute approximate surface area is 179 Å². The lowest BCUT2D eigenvalue weighted by Gasteiger charge is -2.10. The van der Waals surface area contributed by atoms with Crippen LogP contribution in [0.1, 0.15) is 11.4 Å². The van der Waals surface area contributed by atoms with E-state index in [1.807, 2.05) is 12.1 Å². The average molecular weight is 456 g/mol. The molecule has 0 saturated carbocycles. The van der Waals surface area contributed by atoms with Crippen molar-refractivity contribution in [1.82, 2.24) is 14.8 Å². The van der Waals surface area contributed by atoms with E-state index in [4.69, 9.17) is 11.6 Å². The number of rotatable bonds is 7. The third-order valence-corrected chi connectivity index (χ3v) is 5.30. The molecule has 158 valence electrons. The fraction of sp³-hybridized carbons (Fsp3) is 0.211. The Morgan fingerprint density at radius 1 is 1.13 bits per heavy atom. The first-order valence-electron chi connectivity index (χ1n) is 8.70. The first-order valence-corrected chi connectivity index (χ1v) is 10.1.